The predicted molar refractivity (Wildman–Crippen MR) is 66.4 cm³/mol. The molecule has 0 aliphatic rings. The number of rotatable bonds is 6. The van der Waals surface area contributed by atoms with Gasteiger partial charge in [-0.1, -0.05) is 12.1 Å². The van der Waals surface area contributed by atoms with Crippen molar-refractivity contribution in [1.82, 2.24) is 5.32 Å². The Labute approximate surface area is 114 Å². The van der Waals surface area contributed by atoms with Crippen molar-refractivity contribution < 1.29 is 27.4 Å². The third-order valence-corrected chi connectivity index (χ3v) is 2.38. The Morgan fingerprint density at radius 2 is 2.00 bits per heavy atom. The van der Waals surface area contributed by atoms with Crippen LogP contribution in [0.1, 0.15) is 12.5 Å². The van der Waals surface area contributed by atoms with E-state index in [1.165, 1.54) is 25.3 Å². The third kappa shape index (κ3) is 5.08. The van der Waals surface area contributed by atoms with Crippen LogP contribution in [0.3, 0.4) is 0 Å². The van der Waals surface area contributed by atoms with Gasteiger partial charge in [0.1, 0.15) is 5.75 Å². The Hall–Kier alpha value is -1.76. The van der Waals surface area contributed by atoms with E-state index in [1.807, 2.05) is 0 Å². The molecule has 1 N–H and O–H groups in total. The highest BCUT2D eigenvalue weighted by Gasteiger charge is 2.34. The number of hydrogen-bond donors (Lipinski definition) is 1. The van der Waals surface area contributed by atoms with Crippen LogP contribution in [-0.2, 0) is 15.7 Å². The molecule has 20 heavy (non-hydrogen) atoms. The van der Waals surface area contributed by atoms with Gasteiger partial charge in [-0.2, -0.15) is 13.2 Å². The molecule has 1 aromatic rings. The molecule has 0 heterocycles. The predicted octanol–water partition coefficient (Wildman–Crippen LogP) is 2.24. The molecule has 1 aromatic carbocycles. The summed E-state index contributed by atoms with van der Waals surface area (Å²) in [7, 11) is 1.48. The topological polar surface area (TPSA) is 47.6 Å². The molecule has 0 radical (unpaired) electrons. The molecule has 112 valence electrons. The van der Waals surface area contributed by atoms with E-state index < -0.39 is 24.3 Å². The molecule has 4 nitrogen and oxygen atoms in total. The van der Waals surface area contributed by atoms with Crippen LogP contribution in [0.2, 0.25) is 0 Å². The molecular formula is C13H16F3NO3. The van der Waals surface area contributed by atoms with E-state index in [-0.39, 0.29) is 11.8 Å². The van der Waals surface area contributed by atoms with Crippen molar-refractivity contribution >= 4 is 5.91 Å². The maximum absolute atomic E-state index is 12.7. The van der Waals surface area contributed by atoms with E-state index in [9.17, 15) is 18.0 Å². The number of nitrogens with one attached hydrogen (secondary N) is 1. The second kappa shape index (κ2) is 7.14. The lowest BCUT2D eigenvalue weighted by Crippen LogP contribution is -2.38. The molecule has 0 saturated heterocycles. The highest BCUT2D eigenvalue weighted by molar-refractivity contribution is 5.77. The highest BCUT2D eigenvalue weighted by atomic mass is 19.4. The molecular weight excluding hydrogens is 275 g/mol. The zero-order chi connectivity index (χ0) is 15.2. The zero-order valence-electron chi connectivity index (χ0n) is 11.2. The first-order chi connectivity index (χ1) is 9.34. The van der Waals surface area contributed by atoms with E-state index >= 15 is 0 Å². The first-order valence-corrected chi connectivity index (χ1v) is 5.92. The van der Waals surface area contributed by atoms with Gasteiger partial charge in [-0.05, 0) is 19.1 Å². The van der Waals surface area contributed by atoms with Gasteiger partial charge in [0.2, 0.25) is 0 Å². The van der Waals surface area contributed by atoms with Crippen molar-refractivity contribution in [2.75, 3.05) is 20.3 Å². The van der Waals surface area contributed by atoms with Gasteiger partial charge in [0.05, 0.1) is 12.2 Å². The van der Waals surface area contributed by atoms with Crippen LogP contribution in [-0.4, -0.2) is 32.3 Å². The largest absolute Gasteiger partial charge is 0.483 e. The summed E-state index contributed by atoms with van der Waals surface area (Å²) in [6.45, 7) is 1.54. The Morgan fingerprint density at radius 3 is 2.60 bits per heavy atom. The SMILES string of the molecule is COC[C@H](C)NC(=O)COc1ccccc1C(F)(F)F. The van der Waals surface area contributed by atoms with E-state index in [1.54, 1.807) is 6.92 Å². The summed E-state index contributed by atoms with van der Waals surface area (Å²) in [5.74, 6) is -0.874. The number of carbonyl (C=O) groups is 1. The number of amides is 1. The third-order valence-electron chi connectivity index (χ3n) is 2.38. The molecule has 0 unspecified atom stereocenters. The van der Waals surface area contributed by atoms with Crippen LogP contribution < -0.4 is 10.1 Å². The van der Waals surface area contributed by atoms with Gasteiger partial charge in [-0.25, -0.2) is 0 Å². The van der Waals surface area contributed by atoms with Gasteiger partial charge in [0.25, 0.3) is 5.91 Å². The maximum atomic E-state index is 12.7. The molecule has 0 aliphatic carbocycles. The number of ether oxygens (including phenoxy) is 2. The number of methoxy groups -OCH3 is 1. The minimum absolute atomic E-state index is 0.242. The Kier molecular flexibility index (Phi) is 5.82. The normalized spacial score (nSPS) is 12.8. The first kappa shape index (κ1) is 16.3. The summed E-state index contributed by atoms with van der Waals surface area (Å²) in [5, 5.41) is 2.54. The zero-order valence-corrected chi connectivity index (χ0v) is 11.2. The fourth-order valence-electron chi connectivity index (χ4n) is 1.58. The Bertz CT molecular complexity index is 449. The van der Waals surface area contributed by atoms with Crippen LogP contribution in [0.15, 0.2) is 24.3 Å². The average molecular weight is 291 g/mol. The van der Waals surface area contributed by atoms with Crippen LogP contribution in [0.25, 0.3) is 0 Å². The van der Waals surface area contributed by atoms with E-state index in [4.69, 9.17) is 9.47 Å². The molecule has 1 atom stereocenters. The number of carbonyl (C=O) groups excluding carboxylic acids is 1. The lowest BCUT2D eigenvalue weighted by Gasteiger charge is -2.15. The van der Waals surface area contributed by atoms with Gasteiger partial charge < -0.3 is 14.8 Å². The summed E-state index contributed by atoms with van der Waals surface area (Å²) in [5.41, 5.74) is -0.905. The van der Waals surface area contributed by atoms with Crippen molar-refractivity contribution in [1.29, 1.82) is 0 Å². The summed E-state index contributed by atoms with van der Waals surface area (Å²) in [4.78, 5) is 11.5. The van der Waals surface area contributed by atoms with Crippen molar-refractivity contribution in [3.63, 3.8) is 0 Å². The molecule has 0 spiro atoms. The van der Waals surface area contributed by atoms with Crippen molar-refractivity contribution in [2.45, 2.75) is 19.1 Å². The van der Waals surface area contributed by atoms with Crippen LogP contribution in [0, 0.1) is 0 Å². The van der Waals surface area contributed by atoms with Gasteiger partial charge in [-0.3, -0.25) is 4.79 Å². The van der Waals surface area contributed by atoms with Gasteiger partial charge in [0, 0.05) is 13.2 Å². The maximum Gasteiger partial charge on any atom is 0.419 e. The van der Waals surface area contributed by atoms with E-state index in [2.05, 4.69) is 5.32 Å². The molecule has 0 saturated carbocycles. The lowest BCUT2D eigenvalue weighted by molar-refractivity contribution is -0.139. The second-order valence-corrected chi connectivity index (χ2v) is 4.21. The summed E-state index contributed by atoms with van der Waals surface area (Å²) >= 11 is 0. The van der Waals surface area contributed by atoms with Gasteiger partial charge >= 0.3 is 6.18 Å². The fourth-order valence-corrected chi connectivity index (χ4v) is 1.58. The standard InChI is InChI=1S/C13H16F3NO3/c1-9(7-19-2)17-12(18)8-20-11-6-4-3-5-10(11)13(14,15)16/h3-6,9H,7-8H2,1-2H3,(H,17,18)/t9-/m0/s1. The lowest BCUT2D eigenvalue weighted by atomic mass is 10.2. The summed E-state index contributed by atoms with van der Waals surface area (Å²) < 4.78 is 47.8. The van der Waals surface area contributed by atoms with Gasteiger partial charge in [0.15, 0.2) is 6.61 Å². The second-order valence-electron chi connectivity index (χ2n) is 4.21. The summed E-state index contributed by atoms with van der Waals surface area (Å²) in [6.07, 6.45) is -4.52. The van der Waals surface area contributed by atoms with Gasteiger partial charge in [-0.15, -0.1) is 0 Å². The van der Waals surface area contributed by atoms with Crippen molar-refractivity contribution in [3.05, 3.63) is 29.8 Å². The number of benzene rings is 1. The molecule has 0 aromatic heterocycles. The number of alkyl halides is 3. The number of para-hydroxylation sites is 1. The first-order valence-electron chi connectivity index (χ1n) is 5.92. The minimum atomic E-state index is -4.52. The van der Waals surface area contributed by atoms with Crippen LogP contribution in [0.4, 0.5) is 13.2 Å². The molecule has 7 heteroatoms. The number of halogens is 3. The molecule has 1 amide bonds. The van der Waals surface area contributed by atoms with E-state index in [0.717, 1.165) is 6.07 Å². The Balaban J connectivity index is 2.60. The fraction of sp³-hybridized carbons (Fsp3) is 0.462. The van der Waals surface area contributed by atoms with Crippen LogP contribution >= 0.6 is 0 Å². The van der Waals surface area contributed by atoms with E-state index in [0.29, 0.717) is 6.61 Å². The van der Waals surface area contributed by atoms with Crippen molar-refractivity contribution in [3.8, 4) is 5.75 Å². The molecule has 0 aliphatic heterocycles. The van der Waals surface area contributed by atoms with Crippen molar-refractivity contribution in [2.24, 2.45) is 0 Å². The molecule has 1 rings (SSSR count). The molecule has 0 fully saturated rings. The quantitative estimate of drug-likeness (QED) is 0.874. The summed E-state index contributed by atoms with van der Waals surface area (Å²) in [6, 6.07) is 4.51. The monoisotopic (exact) mass is 291 g/mol. The average Bonchev–Trinajstić information content (AvgIpc) is 2.36. The minimum Gasteiger partial charge on any atom is -0.483 e. The van der Waals surface area contributed by atoms with Crippen LogP contribution in [0.5, 0.6) is 5.75 Å². The Morgan fingerprint density at radius 1 is 1.35 bits per heavy atom. The molecule has 0 bridgehead atoms. The highest BCUT2D eigenvalue weighted by Crippen LogP contribution is 2.35. The smallest absolute Gasteiger partial charge is 0.419 e. The number of hydrogen-bond acceptors (Lipinski definition) is 3.